The molecule has 1 aliphatic heterocycles. The van der Waals surface area contributed by atoms with Gasteiger partial charge in [-0.1, -0.05) is 20.8 Å². The van der Waals surface area contributed by atoms with Crippen LogP contribution in [0.15, 0.2) is 24.3 Å². The molecule has 0 N–H and O–H groups in total. The van der Waals surface area contributed by atoms with E-state index in [1.165, 1.54) is 12.1 Å². The Labute approximate surface area is 119 Å². The minimum Gasteiger partial charge on any atom is -0.465 e. The van der Waals surface area contributed by atoms with Gasteiger partial charge in [0.1, 0.15) is 5.75 Å². The molecule has 2 rings (SSSR count). The third kappa shape index (κ3) is 2.93. The van der Waals surface area contributed by atoms with Crippen molar-refractivity contribution in [3.05, 3.63) is 34.4 Å². The van der Waals surface area contributed by atoms with Crippen molar-refractivity contribution in [1.82, 2.24) is 0 Å². The minimum absolute atomic E-state index is 0.0605. The molecule has 0 aliphatic carbocycles. The van der Waals surface area contributed by atoms with Gasteiger partial charge in [0.2, 0.25) is 6.29 Å². The number of non-ortho nitro benzene ring substituents is 1. The monoisotopic (exact) mass is 279 g/mol. The van der Waals surface area contributed by atoms with Crippen LogP contribution in [0.5, 0.6) is 5.75 Å². The predicted molar refractivity (Wildman–Crippen MR) is 75.6 cm³/mol. The van der Waals surface area contributed by atoms with Gasteiger partial charge in [-0.2, -0.15) is 0 Å². The molecule has 5 atom stereocenters. The van der Waals surface area contributed by atoms with Gasteiger partial charge in [0, 0.05) is 18.1 Å². The molecular weight excluding hydrogens is 258 g/mol. The van der Waals surface area contributed by atoms with Gasteiger partial charge in [0.05, 0.1) is 11.0 Å². The lowest BCUT2D eigenvalue weighted by Crippen LogP contribution is -2.46. The fraction of sp³-hybridized carbons (Fsp3) is 0.600. The van der Waals surface area contributed by atoms with Crippen LogP contribution in [0.25, 0.3) is 0 Å². The van der Waals surface area contributed by atoms with Crippen molar-refractivity contribution in [3.63, 3.8) is 0 Å². The van der Waals surface area contributed by atoms with E-state index in [4.69, 9.17) is 9.47 Å². The van der Waals surface area contributed by atoms with Crippen LogP contribution >= 0.6 is 0 Å². The van der Waals surface area contributed by atoms with Crippen molar-refractivity contribution in [2.75, 3.05) is 0 Å². The predicted octanol–water partition coefficient (Wildman–Crippen LogP) is 3.63. The van der Waals surface area contributed by atoms with Crippen molar-refractivity contribution in [2.24, 2.45) is 17.8 Å². The van der Waals surface area contributed by atoms with E-state index in [2.05, 4.69) is 27.7 Å². The first kappa shape index (κ1) is 14.8. The number of ether oxygens (including phenoxy) is 2. The molecule has 110 valence electrons. The summed E-state index contributed by atoms with van der Waals surface area (Å²) in [5.41, 5.74) is 0.0605. The Kier molecular flexibility index (Phi) is 4.28. The average Bonchev–Trinajstić information content (AvgIpc) is 2.43. The average molecular weight is 279 g/mol. The number of hydrogen-bond donors (Lipinski definition) is 0. The molecule has 0 saturated carbocycles. The van der Waals surface area contributed by atoms with E-state index in [9.17, 15) is 10.1 Å². The Bertz CT molecular complexity index is 473. The molecule has 1 saturated heterocycles. The zero-order chi connectivity index (χ0) is 14.9. The molecule has 0 unspecified atom stereocenters. The Balaban J connectivity index is 2.07. The molecular formula is C15H21NO4. The van der Waals surface area contributed by atoms with E-state index in [0.29, 0.717) is 17.6 Å². The second-order valence-electron chi connectivity index (χ2n) is 5.66. The lowest BCUT2D eigenvalue weighted by Gasteiger charge is -2.42. The maximum atomic E-state index is 10.6. The van der Waals surface area contributed by atoms with E-state index in [1.54, 1.807) is 12.1 Å². The molecule has 0 bridgehead atoms. The van der Waals surface area contributed by atoms with E-state index in [1.807, 2.05) is 0 Å². The number of benzene rings is 1. The fourth-order valence-electron chi connectivity index (χ4n) is 2.53. The largest absolute Gasteiger partial charge is 0.465 e. The first-order chi connectivity index (χ1) is 9.40. The Morgan fingerprint density at radius 3 is 2.20 bits per heavy atom. The smallest absolute Gasteiger partial charge is 0.269 e. The van der Waals surface area contributed by atoms with Gasteiger partial charge in [-0.15, -0.1) is 0 Å². The molecule has 1 fully saturated rings. The van der Waals surface area contributed by atoms with Crippen LogP contribution in [0, 0.1) is 27.9 Å². The molecule has 1 aliphatic rings. The van der Waals surface area contributed by atoms with Crippen molar-refractivity contribution >= 4 is 5.69 Å². The standard InChI is InChI=1S/C15H21NO4/c1-9-10(2)12(4)19-15(11(9)3)20-14-7-5-13(6-8-14)16(17)18/h5-12,15H,1-4H3/t9-,10-,11+,12+,15+/m0/s1. The summed E-state index contributed by atoms with van der Waals surface area (Å²) in [6.45, 7) is 8.57. The maximum absolute atomic E-state index is 10.6. The van der Waals surface area contributed by atoms with Gasteiger partial charge in [-0.05, 0) is 30.9 Å². The molecule has 5 nitrogen and oxygen atoms in total. The van der Waals surface area contributed by atoms with Crippen LogP contribution < -0.4 is 4.74 Å². The number of nitrogens with zero attached hydrogens (tertiary/aromatic N) is 1. The van der Waals surface area contributed by atoms with Gasteiger partial charge in [-0.25, -0.2) is 0 Å². The third-order valence-corrected chi connectivity index (χ3v) is 4.48. The van der Waals surface area contributed by atoms with E-state index in [0.717, 1.165) is 0 Å². The Morgan fingerprint density at radius 1 is 1.05 bits per heavy atom. The van der Waals surface area contributed by atoms with Crippen molar-refractivity contribution in [1.29, 1.82) is 0 Å². The zero-order valence-corrected chi connectivity index (χ0v) is 12.3. The van der Waals surface area contributed by atoms with E-state index in [-0.39, 0.29) is 24.0 Å². The molecule has 1 aromatic carbocycles. The minimum atomic E-state index is -0.421. The summed E-state index contributed by atoms with van der Waals surface area (Å²) in [7, 11) is 0. The van der Waals surface area contributed by atoms with Gasteiger partial charge < -0.3 is 9.47 Å². The van der Waals surface area contributed by atoms with Gasteiger partial charge in [0.15, 0.2) is 0 Å². The highest BCUT2D eigenvalue weighted by molar-refractivity contribution is 5.36. The Hall–Kier alpha value is -1.62. The number of nitro groups is 1. The first-order valence-corrected chi connectivity index (χ1v) is 6.96. The lowest BCUT2D eigenvalue weighted by molar-refractivity contribution is -0.384. The summed E-state index contributed by atoms with van der Waals surface area (Å²) >= 11 is 0. The van der Waals surface area contributed by atoms with Crippen molar-refractivity contribution in [3.8, 4) is 5.75 Å². The summed E-state index contributed by atoms with van der Waals surface area (Å²) in [6.07, 6.45) is -0.165. The second-order valence-corrected chi connectivity index (χ2v) is 5.66. The molecule has 0 aromatic heterocycles. The van der Waals surface area contributed by atoms with Gasteiger partial charge >= 0.3 is 0 Å². The van der Waals surface area contributed by atoms with Crippen LogP contribution in [0.1, 0.15) is 27.7 Å². The van der Waals surface area contributed by atoms with E-state index < -0.39 is 4.92 Å². The highest BCUT2D eigenvalue weighted by Crippen LogP contribution is 2.35. The summed E-state index contributed by atoms with van der Waals surface area (Å²) < 4.78 is 11.8. The number of hydrogen-bond acceptors (Lipinski definition) is 4. The highest BCUT2D eigenvalue weighted by atomic mass is 16.7. The maximum Gasteiger partial charge on any atom is 0.269 e. The van der Waals surface area contributed by atoms with Crippen LogP contribution in [0.3, 0.4) is 0 Å². The quantitative estimate of drug-likeness (QED) is 0.626. The van der Waals surface area contributed by atoms with E-state index >= 15 is 0 Å². The number of nitro benzene ring substituents is 1. The molecule has 1 aromatic rings. The van der Waals surface area contributed by atoms with Gasteiger partial charge in [-0.3, -0.25) is 10.1 Å². The van der Waals surface area contributed by atoms with Gasteiger partial charge in [0.25, 0.3) is 5.69 Å². The van der Waals surface area contributed by atoms with Crippen LogP contribution in [0.4, 0.5) is 5.69 Å². The third-order valence-electron chi connectivity index (χ3n) is 4.48. The van der Waals surface area contributed by atoms with Crippen molar-refractivity contribution < 1.29 is 14.4 Å². The first-order valence-electron chi connectivity index (χ1n) is 6.96. The summed E-state index contributed by atoms with van der Waals surface area (Å²) in [5.74, 6) is 1.86. The molecule has 0 radical (unpaired) electrons. The van der Waals surface area contributed by atoms with Crippen LogP contribution in [-0.2, 0) is 4.74 Å². The molecule has 20 heavy (non-hydrogen) atoms. The Morgan fingerprint density at radius 2 is 1.65 bits per heavy atom. The van der Waals surface area contributed by atoms with Crippen LogP contribution in [-0.4, -0.2) is 17.3 Å². The molecule has 5 heteroatoms. The number of rotatable bonds is 3. The summed E-state index contributed by atoms with van der Waals surface area (Å²) in [4.78, 5) is 10.2. The summed E-state index contributed by atoms with van der Waals surface area (Å²) in [6, 6.07) is 6.11. The SMILES string of the molecule is C[C@@H]1[C@@H](C)[C@@H](Oc2ccc([N+](=O)[O-])cc2)O[C@H](C)[C@H]1C. The highest BCUT2D eigenvalue weighted by Gasteiger charge is 2.38. The zero-order valence-electron chi connectivity index (χ0n) is 12.3. The molecule has 0 spiro atoms. The normalized spacial score (nSPS) is 33.7. The molecule has 1 heterocycles. The fourth-order valence-corrected chi connectivity index (χ4v) is 2.53. The van der Waals surface area contributed by atoms with Crippen molar-refractivity contribution in [2.45, 2.75) is 40.1 Å². The topological polar surface area (TPSA) is 61.6 Å². The lowest BCUT2D eigenvalue weighted by atomic mass is 9.79. The second kappa shape index (κ2) is 5.79. The van der Waals surface area contributed by atoms with Crippen LogP contribution in [0.2, 0.25) is 0 Å². The molecule has 0 amide bonds. The summed E-state index contributed by atoms with van der Waals surface area (Å²) in [5, 5.41) is 10.6.